The number of hydrogen-bond donors (Lipinski definition) is 1. The maximum Gasteiger partial charge on any atom is 0.0483 e. The van der Waals surface area contributed by atoms with E-state index in [1.54, 1.807) is 0 Å². The minimum absolute atomic E-state index is 0.131. The Morgan fingerprint density at radius 1 is 1.07 bits per heavy atom. The number of benzene rings is 1. The van der Waals surface area contributed by atoms with Crippen LogP contribution in [0.4, 0.5) is 5.69 Å². The van der Waals surface area contributed by atoms with Crippen LogP contribution in [-0.4, -0.2) is 10.3 Å². The molecule has 0 bridgehead atoms. The molecule has 0 aromatic heterocycles. The fourth-order valence-electron chi connectivity index (χ4n) is 1.55. The van der Waals surface area contributed by atoms with Crippen LogP contribution in [0.2, 0.25) is 0 Å². The van der Waals surface area contributed by atoms with Gasteiger partial charge in [-0.2, -0.15) is 0 Å². The first-order chi connectivity index (χ1) is 6.42. The molecule has 1 nitrogen and oxygen atoms in total. The normalized spacial score (nSPS) is 22.3. The monoisotopic (exact) mass is 207 g/mol. The second-order valence-electron chi connectivity index (χ2n) is 4.86. The van der Waals surface area contributed by atoms with Crippen LogP contribution < -0.4 is 5.32 Å². The molecule has 2 rings (SSSR count). The van der Waals surface area contributed by atoms with Gasteiger partial charge in [-0.15, -0.1) is 11.8 Å². The van der Waals surface area contributed by atoms with Gasteiger partial charge in [0.2, 0.25) is 0 Å². The third-order valence-corrected chi connectivity index (χ3v) is 4.80. The third-order valence-electron chi connectivity index (χ3n) is 3.20. The molecule has 1 heterocycles. The van der Waals surface area contributed by atoms with Crippen molar-refractivity contribution in [3.63, 3.8) is 0 Å². The largest absolute Gasteiger partial charge is 0.378 e. The van der Waals surface area contributed by atoms with Crippen molar-refractivity contribution in [3.05, 3.63) is 24.3 Å². The van der Waals surface area contributed by atoms with E-state index in [2.05, 4.69) is 57.3 Å². The molecule has 14 heavy (non-hydrogen) atoms. The number of fused-ring (bicyclic) bond motifs is 1. The lowest BCUT2D eigenvalue weighted by Gasteiger charge is -2.46. The highest BCUT2D eigenvalue weighted by molar-refractivity contribution is 8.01. The molecule has 1 aliphatic rings. The predicted octanol–water partition coefficient (Wildman–Crippen LogP) is 3.76. The Bertz CT molecular complexity index is 320. The molecule has 0 radical (unpaired) electrons. The summed E-state index contributed by atoms with van der Waals surface area (Å²) in [6.07, 6.45) is 0. The molecule has 1 aromatic carbocycles. The van der Waals surface area contributed by atoms with E-state index >= 15 is 0 Å². The van der Waals surface area contributed by atoms with Crippen LogP contribution in [0.3, 0.4) is 0 Å². The van der Waals surface area contributed by atoms with Gasteiger partial charge in [-0.25, -0.2) is 0 Å². The van der Waals surface area contributed by atoms with Gasteiger partial charge in [0, 0.05) is 20.9 Å². The van der Waals surface area contributed by atoms with Gasteiger partial charge in [0.15, 0.2) is 0 Å². The summed E-state index contributed by atoms with van der Waals surface area (Å²) in [5, 5.41) is 3.61. The maximum absolute atomic E-state index is 3.61. The van der Waals surface area contributed by atoms with E-state index in [9.17, 15) is 0 Å². The number of para-hydroxylation sites is 1. The lowest BCUT2D eigenvalue weighted by Crippen LogP contribution is -2.51. The van der Waals surface area contributed by atoms with Crippen molar-refractivity contribution >= 4 is 17.4 Å². The summed E-state index contributed by atoms with van der Waals surface area (Å²) in [4.78, 5) is 1.36. The Balaban J connectivity index is 2.46. The fourth-order valence-corrected chi connectivity index (χ4v) is 2.78. The molecular weight excluding hydrogens is 190 g/mol. The zero-order valence-electron chi connectivity index (χ0n) is 9.22. The molecule has 0 fully saturated rings. The van der Waals surface area contributed by atoms with E-state index in [0.29, 0.717) is 0 Å². The van der Waals surface area contributed by atoms with Crippen LogP contribution in [-0.2, 0) is 0 Å². The van der Waals surface area contributed by atoms with Gasteiger partial charge < -0.3 is 5.32 Å². The first-order valence-electron chi connectivity index (χ1n) is 4.99. The summed E-state index contributed by atoms with van der Waals surface area (Å²) < 4.78 is 0.224. The molecule has 0 saturated carbocycles. The molecule has 0 aliphatic carbocycles. The van der Waals surface area contributed by atoms with Crippen LogP contribution in [0.15, 0.2) is 29.2 Å². The summed E-state index contributed by atoms with van der Waals surface area (Å²) >= 11 is 1.96. The van der Waals surface area contributed by atoms with E-state index in [4.69, 9.17) is 0 Å². The van der Waals surface area contributed by atoms with Gasteiger partial charge in [0.25, 0.3) is 0 Å². The highest BCUT2D eigenvalue weighted by Gasteiger charge is 2.41. The molecule has 76 valence electrons. The Hall–Kier alpha value is -0.630. The predicted molar refractivity (Wildman–Crippen MR) is 64.1 cm³/mol. The highest BCUT2D eigenvalue weighted by atomic mass is 32.2. The molecule has 0 unspecified atom stereocenters. The van der Waals surface area contributed by atoms with Gasteiger partial charge in [0.05, 0.1) is 0 Å². The Morgan fingerprint density at radius 3 is 2.43 bits per heavy atom. The minimum Gasteiger partial charge on any atom is -0.378 e. The second-order valence-corrected chi connectivity index (χ2v) is 6.52. The maximum atomic E-state index is 3.61. The van der Waals surface area contributed by atoms with Gasteiger partial charge >= 0.3 is 0 Å². The summed E-state index contributed by atoms with van der Waals surface area (Å²) in [6, 6.07) is 8.52. The molecule has 0 saturated heterocycles. The lowest BCUT2D eigenvalue weighted by atomic mass is 9.89. The van der Waals surface area contributed by atoms with Crippen molar-refractivity contribution < 1.29 is 0 Å². The van der Waals surface area contributed by atoms with E-state index in [-0.39, 0.29) is 10.3 Å². The zero-order chi connectivity index (χ0) is 10.4. The van der Waals surface area contributed by atoms with Crippen LogP contribution >= 0.6 is 11.8 Å². The number of thioether (sulfide) groups is 1. The quantitative estimate of drug-likeness (QED) is 0.695. The van der Waals surface area contributed by atoms with Gasteiger partial charge in [-0.3, -0.25) is 0 Å². The van der Waals surface area contributed by atoms with Gasteiger partial charge in [-0.05, 0) is 39.8 Å². The Kier molecular flexibility index (Phi) is 2.07. The third kappa shape index (κ3) is 1.42. The van der Waals surface area contributed by atoms with Gasteiger partial charge in [-0.1, -0.05) is 12.1 Å². The topological polar surface area (TPSA) is 12.0 Å². The lowest BCUT2D eigenvalue weighted by molar-refractivity contribution is 0.442. The summed E-state index contributed by atoms with van der Waals surface area (Å²) in [5.41, 5.74) is 1.40. The fraction of sp³-hybridized carbons (Fsp3) is 0.500. The molecule has 2 heteroatoms. The summed E-state index contributed by atoms with van der Waals surface area (Å²) in [5.74, 6) is 0. The highest BCUT2D eigenvalue weighted by Crippen LogP contribution is 2.48. The number of hydrogen-bond acceptors (Lipinski definition) is 2. The van der Waals surface area contributed by atoms with E-state index < -0.39 is 0 Å². The molecule has 1 aromatic rings. The van der Waals surface area contributed by atoms with Crippen LogP contribution in [0.5, 0.6) is 0 Å². The minimum atomic E-state index is 0.131. The molecule has 0 spiro atoms. The standard InChI is InChI=1S/C12H17NS/c1-11(2)12(3,4)14-10-8-6-5-7-9(10)13-11/h5-8,13H,1-4H3. The molecule has 1 N–H and O–H groups in total. The van der Waals surface area contributed by atoms with E-state index in [1.807, 2.05) is 11.8 Å². The molecular formula is C12H17NS. The van der Waals surface area contributed by atoms with E-state index in [0.717, 1.165) is 0 Å². The molecule has 1 aliphatic heterocycles. The zero-order valence-corrected chi connectivity index (χ0v) is 10.0. The van der Waals surface area contributed by atoms with Gasteiger partial charge in [0.1, 0.15) is 0 Å². The first kappa shape index (κ1) is 9.91. The van der Waals surface area contributed by atoms with Crippen molar-refractivity contribution in [1.29, 1.82) is 0 Å². The number of rotatable bonds is 0. The van der Waals surface area contributed by atoms with E-state index in [1.165, 1.54) is 10.6 Å². The average Bonchev–Trinajstić information content (AvgIpc) is 2.05. The van der Waals surface area contributed by atoms with Crippen molar-refractivity contribution in [2.75, 3.05) is 5.32 Å². The van der Waals surface area contributed by atoms with Crippen molar-refractivity contribution in [3.8, 4) is 0 Å². The van der Waals surface area contributed by atoms with Crippen LogP contribution in [0.1, 0.15) is 27.7 Å². The van der Waals surface area contributed by atoms with Crippen molar-refractivity contribution in [2.45, 2.75) is 42.9 Å². The Morgan fingerprint density at radius 2 is 1.71 bits per heavy atom. The number of nitrogens with one attached hydrogen (secondary N) is 1. The van der Waals surface area contributed by atoms with Crippen LogP contribution in [0, 0.1) is 0 Å². The molecule has 0 atom stereocenters. The molecule has 0 amide bonds. The smallest absolute Gasteiger partial charge is 0.0483 e. The Labute approximate surface area is 90.3 Å². The second kappa shape index (κ2) is 2.93. The van der Waals surface area contributed by atoms with Crippen molar-refractivity contribution in [2.24, 2.45) is 0 Å². The summed E-state index contributed by atoms with van der Waals surface area (Å²) in [6.45, 7) is 9.10. The average molecular weight is 207 g/mol. The summed E-state index contributed by atoms with van der Waals surface area (Å²) in [7, 11) is 0. The van der Waals surface area contributed by atoms with Crippen LogP contribution in [0.25, 0.3) is 0 Å². The SMILES string of the molecule is CC1(C)Nc2ccccc2SC1(C)C. The van der Waals surface area contributed by atoms with Crippen molar-refractivity contribution in [1.82, 2.24) is 0 Å². The number of anilines is 1. The first-order valence-corrected chi connectivity index (χ1v) is 5.80.